The van der Waals surface area contributed by atoms with E-state index in [0.717, 1.165) is 31.7 Å². The van der Waals surface area contributed by atoms with Crippen molar-refractivity contribution in [3.8, 4) is 0 Å². The second kappa shape index (κ2) is 8.14. The molecule has 1 heterocycles. The van der Waals surface area contributed by atoms with Crippen molar-refractivity contribution in [3.05, 3.63) is 65.2 Å². The maximum absolute atomic E-state index is 12.7. The number of hydrogen-bond acceptors (Lipinski definition) is 2. The number of carbonyl (C=O) groups is 1. The largest absolute Gasteiger partial charge is 0.311 e. The molecule has 0 saturated carbocycles. The summed E-state index contributed by atoms with van der Waals surface area (Å²) in [4.78, 5) is 14.6. The highest BCUT2D eigenvalue weighted by Crippen LogP contribution is 2.23. The van der Waals surface area contributed by atoms with Gasteiger partial charge in [-0.15, -0.1) is 12.4 Å². The van der Waals surface area contributed by atoms with Gasteiger partial charge in [0, 0.05) is 31.7 Å². The third-order valence-electron chi connectivity index (χ3n) is 4.28. The fourth-order valence-electron chi connectivity index (χ4n) is 2.98. The summed E-state index contributed by atoms with van der Waals surface area (Å²) in [6.45, 7) is 4.51. The van der Waals surface area contributed by atoms with Crippen molar-refractivity contribution in [1.29, 1.82) is 0 Å². The molecule has 1 amide bonds. The molecule has 0 aromatic heterocycles. The van der Waals surface area contributed by atoms with E-state index < -0.39 is 0 Å². The second-order valence-corrected chi connectivity index (χ2v) is 5.78. The van der Waals surface area contributed by atoms with Crippen molar-refractivity contribution < 1.29 is 4.79 Å². The summed E-state index contributed by atoms with van der Waals surface area (Å²) in [6.07, 6.45) is 1.36. The lowest BCUT2D eigenvalue weighted by atomic mass is 10.0. The Morgan fingerprint density at radius 2 is 1.87 bits per heavy atom. The van der Waals surface area contributed by atoms with E-state index in [1.807, 2.05) is 35.2 Å². The van der Waals surface area contributed by atoms with E-state index >= 15 is 0 Å². The van der Waals surface area contributed by atoms with Crippen LogP contribution in [0.25, 0.3) is 0 Å². The molecule has 3 rings (SSSR count). The van der Waals surface area contributed by atoms with E-state index in [0.29, 0.717) is 6.42 Å². The van der Waals surface area contributed by atoms with E-state index in [9.17, 15) is 4.79 Å². The summed E-state index contributed by atoms with van der Waals surface area (Å²) in [5.74, 6) is 0.208. The molecular formula is C19H23ClN2O. The van der Waals surface area contributed by atoms with Gasteiger partial charge in [0.1, 0.15) is 0 Å². The monoisotopic (exact) mass is 330 g/mol. The first-order valence-corrected chi connectivity index (χ1v) is 7.89. The number of rotatable bonds is 3. The fraction of sp³-hybridized carbons (Fsp3) is 0.316. The standard InChI is InChI=1S/C19H22N2O.ClH/c1-15-6-2-3-7-16(15)10-11-19(22)21-13-12-20-14-17-8-4-5-9-18(17)21;/h2-9,20H,10-14H2,1H3;1H. The van der Waals surface area contributed by atoms with Crippen molar-refractivity contribution in [2.45, 2.75) is 26.3 Å². The number of carbonyl (C=O) groups excluding carboxylic acids is 1. The normalized spacial score (nSPS) is 13.7. The van der Waals surface area contributed by atoms with Crippen LogP contribution >= 0.6 is 12.4 Å². The first kappa shape index (κ1) is 17.5. The molecule has 122 valence electrons. The van der Waals surface area contributed by atoms with Crippen LogP contribution in [0.4, 0.5) is 5.69 Å². The number of nitrogens with one attached hydrogen (secondary N) is 1. The average molecular weight is 331 g/mol. The van der Waals surface area contributed by atoms with Crippen LogP contribution < -0.4 is 10.2 Å². The Labute approximate surface area is 144 Å². The maximum atomic E-state index is 12.7. The molecule has 0 unspecified atom stereocenters. The van der Waals surface area contributed by atoms with E-state index in [2.05, 4.69) is 30.4 Å². The molecular weight excluding hydrogens is 308 g/mol. The second-order valence-electron chi connectivity index (χ2n) is 5.78. The average Bonchev–Trinajstić information content (AvgIpc) is 2.76. The molecule has 1 aliphatic rings. The number of fused-ring (bicyclic) bond motifs is 1. The van der Waals surface area contributed by atoms with Gasteiger partial charge < -0.3 is 10.2 Å². The van der Waals surface area contributed by atoms with Gasteiger partial charge in [0.05, 0.1) is 0 Å². The molecule has 0 radical (unpaired) electrons. The van der Waals surface area contributed by atoms with Gasteiger partial charge in [-0.25, -0.2) is 0 Å². The zero-order valence-corrected chi connectivity index (χ0v) is 14.2. The van der Waals surface area contributed by atoms with E-state index in [-0.39, 0.29) is 18.3 Å². The van der Waals surface area contributed by atoms with Crippen LogP contribution in [0.15, 0.2) is 48.5 Å². The molecule has 0 saturated heterocycles. The van der Waals surface area contributed by atoms with E-state index in [4.69, 9.17) is 0 Å². The Morgan fingerprint density at radius 1 is 1.13 bits per heavy atom. The van der Waals surface area contributed by atoms with Gasteiger partial charge in [-0.2, -0.15) is 0 Å². The molecule has 23 heavy (non-hydrogen) atoms. The first-order valence-electron chi connectivity index (χ1n) is 7.89. The Balaban J connectivity index is 0.00000192. The quantitative estimate of drug-likeness (QED) is 0.934. The number of benzene rings is 2. The zero-order valence-electron chi connectivity index (χ0n) is 13.4. The number of halogens is 1. The minimum absolute atomic E-state index is 0. The van der Waals surface area contributed by atoms with Crippen LogP contribution in [0.5, 0.6) is 0 Å². The number of nitrogens with zero attached hydrogens (tertiary/aromatic N) is 1. The van der Waals surface area contributed by atoms with Crippen LogP contribution in [0.2, 0.25) is 0 Å². The van der Waals surface area contributed by atoms with Crippen LogP contribution in [-0.4, -0.2) is 19.0 Å². The SMILES string of the molecule is Cc1ccccc1CCC(=O)N1CCNCc2ccccc21.Cl. The van der Waals surface area contributed by atoms with Crippen LogP contribution in [-0.2, 0) is 17.8 Å². The number of aryl methyl sites for hydroxylation is 2. The molecule has 3 nitrogen and oxygen atoms in total. The summed E-state index contributed by atoms with van der Waals surface area (Å²) >= 11 is 0. The predicted molar refractivity (Wildman–Crippen MR) is 97.2 cm³/mol. The van der Waals surface area contributed by atoms with E-state index in [1.165, 1.54) is 16.7 Å². The summed E-state index contributed by atoms with van der Waals surface area (Å²) in [6, 6.07) is 16.5. The zero-order chi connectivity index (χ0) is 15.4. The minimum atomic E-state index is 0. The number of para-hydroxylation sites is 1. The first-order chi connectivity index (χ1) is 10.8. The molecule has 1 aliphatic heterocycles. The highest BCUT2D eigenvalue weighted by molar-refractivity contribution is 5.94. The molecule has 0 bridgehead atoms. The Morgan fingerprint density at radius 3 is 2.70 bits per heavy atom. The fourth-order valence-corrected chi connectivity index (χ4v) is 2.98. The van der Waals surface area contributed by atoms with Gasteiger partial charge in [0.25, 0.3) is 0 Å². The summed E-state index contributed by atoms with van der Waals surface area (Å²) in [7, 11) is 0. The van der Waals surface area contributed by atoms with Crippen molar-refractivity contribution in [2.24, 2.45) is 0 Å². The molecule has 0 atom stereocenters. The Kier molecular flexibility index (Phi) is 6.20. The Hall–Kier alpha value is -1.84. The lowest BCUT2D eigenvalue weighted by molar-refractivity contribution is -0.118. The highest BCUT2D eigenvalue weighted by Gasteiger charge is 2.20. The molecule has 2 aromatic rings. The van der Waals surface area contributed by atoms with Gasteiger partial charge in [0.2, 0.25) is 5.91 Å². The number of amides is 1. The third-order valence-corrected chi connectivity index (χ3v) is 4.28. The van der Waals surface area contributed by atoms with Crippen LogP contribution in [0.1, 0.15) is 23.1 Å². The summed E-state index contributed by atoms with van der Waals surface area (Å²) in [5, 5.41) is 3.38. The highest BCUT2D eigenvalue weighted by atomic mass is 35.5. The maximum Gasteiger partial charge on any atom is 0.227 e. The van der Waals surface area contributed by atoms with E-state index in [1.54, 1.807) is 0 Å². The lowest BCUT2D eigenvalue weighted by Gasteiger charge is -2.22. The van der Waals surface area contributed by atoms with Gasteiger partial charge in [-0.05, 0) is 36.1 Å². The molecule has 2 aromatic carbocycles. The third kappa shape index (κ3) is 4.12. The summed E-state index contributed by atoms with van der Waals surface area (Å²) in [5.41, 5.74) is 4.77. The molecule has 0 spiro atoms. The van der Waals surface area contributed by atoms with Crippen LogP contribution in [0, 0.1) is 6.92 Å². The van der Waals surface area contributed by atoms with Gasteiger partial charge in [-0.3, -0.25) is 4.79 Å². The van der Waals surface area contributed by atoms with Gasteiger partial charge in [-0.1, -0.05) is 42.5 Å². The molecule has 1 N–H and O–H groups in total. The Bertz CT molecular complexity index is 672. The predicted octanol–water partition coefficient (Wildman–Crippen LogP) is 3.49. The van der Waals surface area contributed by atoms with Crippen molar-refractivity contribution in [1.82, 2.24) is 5.32 Å². The van der Waals surface area contributed by atoms with Gasteiger partial charge in [0.15, 0.2) is 0 Å². The molecule has 0 fully saturated rings. The number of hydrogen-bond donors (Lipinski definition) is 1. The van der Waals surface area contributed by atoms with Crippen molar-refractivity contribution >= 4 is 24.0 Å². The minimum Gasteiger partial charge on any atom is -0.311 e. The van der Waals surface area contributed by atoms with Crippen LogP contribution in [0.3, 0.4) is 0 Å². The topological polar surface area (TPSA) is 32.3 Å². The van der Waals surface area contributed by atoms with Crippen molar-refractivity contribution in [3.63, 3.8) is 0 Å². The van der Waals surface area contributed by atoms with Crippen molar-refractivity contribution in [2.75, 3.05) is 18.0 Å². The lowest BCUT2D eigenvalue weighted by Crippen LogP contribution is -2.34. The molecule has 0 aliphatic carbocycles. The molecule has 4 heteroatoms. The number of anilines is 1. The summed E-state index contributed by atoms with van der Waals surface area (Å²) < 4.78 is 0. The smallest absolute Gasteiger partial charge is 0.227 e. The van der Waals surface area contributed by atoms with Gasteiger partial charge >= 0.3 is 0 Å².